The molecule has 1 amide bonds. The summed E-state index contributed by atoms with van der Waals surface area (Å²) in [5.74, 6) is -0.266. The van der Waals surface area contributed by atoms with Gasteiger partial charge in [-0.05, 0) is 28.7 Å². The van der Waals surface area contributed by atoms with Crippen LogP contribution in [0.1, 0.15) is 16.1 Å². The summed E-state index contributed by atoms with van der Waals surface area (Å²) in [5.41, 5.74) is 0.606. The Morgan fingerprint density at radius 3 is 2.69 bits per heavy atom. The largest absolute Gasteiger partial charge is 0.495 e. The van der Waals surface area contributed by atoms with Gasteiger partial charge in [0.2, 0.25) is 5.95 Å². The van der Waals surface area contributed by atoms with E-state index in [0.717, 1.165) is 0 Å². The summed E-state index contributed by atoms with van der Waals surface area (Å²) in [7, 11) is 3.91. The van der Waals surface area contributed by atoms with Crippen LogP contribution in [0.2, 0.25) is 0 Å². The van der Waals surface area contributed by atoms with Gasteiger partial charge in [-0.25, -0.2) is 19.6 Å². The van der Waals surface area contributed by atoms with Crippen molar-refractivity contribution < 1.29 is 23.8 Å². The van der Waals surface area contributed by atoms with Crippen molar-refractivity contribution in [2.45, 2.75) is 6.54 Å². The third-order valence-electron chi connectivity index (χ3n) is 3.85. The van der Waals surface area contributed by atoms with Crippen molar-refractivity contribution in [3.63, 3.8) is 0 Å². The molecule has 0 bridgehead atoms. The van der Waals surface area contributed by atoms with Gasteiger partial charge >= 0.3 is 12.1 Å². The number of carbonyl (C=O) groups excluding carboxylic acids is 2. The van der Waals surface area contributed by atoms with E-state index >= 15 is 0 Å². The fourth-order valence-corrected chi connectivity index (χ4v) is 3.18. The molecule has 0 atom stereocenters. The predicted molar refractivity (Wildman–Crippen MR) is 108 cm³/mol. The lowest BCUT2D eigenvalue weighted by Gasteiger charge is -2.10. The summed E-state index contributed by atoms with van der Waals surface area (Å²) in [6.45, 7) is 0.101. The zero-order valence-corrected chi connectivity index (χ0v) is 17.6. The number of nitrogens with one attached hydrogen (secondary N) is 2. The van der Waals surface area contributed by atoms with Crippen LogP contribution in [-0.4, -0.2) is 58.1 Å². The number of fused-ring (bicyclic) bond motifs is 1. The molecule has 0 unspecified atom stereocenters. The Balaban J connectivity index is 2.07. The summed E-state index contributed by atoms with van der Waals surface area (Å²) >= 11 is 1.93. The van der Waals surface area contributed by atoms with Crippen LogP contribution in [0.15, 0.2) is 17.1 Å². The second-order valence-corrected chi connectivity index (χ2v) is 6.57. The number of rotatable bonds is 5. The third-order valence-corrected chi connectivity index (χ3v) is 4.57. The fraction of sp³-hybridized carbons (Fsp3) is 0.250. The molecule has 13 heteroatoms. The minimum absolute atomic E-state index is 0.0683. The van der Waals surface area contributed by atoms with E-state index in [-0.39, 0.29) is 23.7 Å². The van der Waals surface area contributed by atoms with Crippen molar-refractivity contribution >= 4 is 51.6 Å². The van der Waals surface area contributed by atoms with Crippen LogP contribution < -0.4 is 15.6 Å². The highest BCUT2D eigenvalue weighted by molar-refractivity contribution is 14.1. The molecule has 3 rings (SSSR count). The number of H-pyrrole nitrogens is 1. The molecule has 0 spiro atoms. The number of anilines is 1. The summed E-state index contributed by atoms with van der Waals surface area (Å²) in [6, 6.07) is 1.50. The van der Waals surface area contributed by atoms with Crippen molar-refractivity contribution in [2.24, 2.45) is 0 Å². The van der Waals surface area contributed by atoms with Crippen LogP contribution in [0, 0.1) is 3.70 Å². The van der Waals surface area contributed by atoms with E-state index < -0.39 is 17.6 Å². The SMILES string of the molecule is COC(=O)Nc1nc2c(I)nn(Cc3cc(C(=O)OC)ncc3OC)c2c(=O)[nH]1. The fourth-order valence-electron chi connectivity index (χ4n) is 2.54. The number of hydrogen-bond acceptors (Lipinski definition) is 9. The Kier molecular flexibility index (Phi) is 5.95. The van der Waals surface area contributed by atoms with Crippen molar-refractivity contribution in [1.29, 1.82) is 0 Å². The first-order valence-electron chi connectivity index (χ1n) is 8.00. The summed E-state index contributed by atoms with van der Waals surface area (Å²) in [4.78, 5) is 46.4. The second-order valence-electron chi connectivity index (χ2n) is 5.55. The van der Waals surface area contributed by atoms with Crippen molar-refractivity contribution in [1.82, 2.24) is 24.7 Å². The molecule has 29 heavy (non-hydrogen) atoms. The molecule has 3 aromatic rings. The molecule has 3 heterocycles. The van der Waals surface area contributed by atoms with E-state index in [0.29, 0.717) is 20.5 Å². The average molecular weight is 514 g/mol. The third kappa shape index (κ3) is 4.13. The zero-order chi connectivity index (χ0) is 21.1. The van der Waals surface area contributed by atoms with Crippen LogP contribution >= 0.6 is 22.6 Å². The number of carbonyl (C=O) groups is 2. The maximum atomic E-state index is 12.6. The Morgan fingerprint density at radius 2 is 2.03 bits per heavy atom. The lowest BCUT2D eigenvalue weighted by molar-refractivity contribution is 0.0593. The van der Waals surface area contributed by atoms with Gasteiger partial charge < -0.3 is 14.2 Å². The molecule has 0 radical (unpaired) electrons. The van der Waals surface area contributed by atoms with Crippen LogP contribution in [0.3, 0.4) is 0 Å². The number of nitrogens with zero attached hydrogens (tertiary/aromatic N) is 4. The van der Waals surface area contributed by atoms with Gasteiger partial charge in [0.05, 0.1) is 34.1 Å². The van der Waals surface area contributed by atoms with E-state index in [1.165, 1.54) is 38.3 Å². The van der Waals surface area contributed by atoms with E-state index in [9.17, 15) is 14.4 Å². The Hall–Kier alpha value is -3.23. The Bertz CT molecular complexity index is 1160. The smallest absolute Gasteiger partial charge is 0.413 e. The molecule has 12 nitrogen and oxygen atoms in total. The van der Waals surface area contributed by atoms with Gasteiger partial charge in [-0.2, -0.15) is 5.10 Å². The molecule has 2 N–H and O–H groups in total. The van der Waals surface area contributed by atoms with Gasteiger partial charge in [0, 0.05) is 5.56 Å². The topological polar surface area (TPSA) is 150 Å². The van der Waals surface area contributed by atoms with E-state index in [4.69, 9.17) is 4.74 Å². The molecule has 0 saturated carbocycles. The van der Waals surface area contributed by atoms with Crippen molar-refractivity contribution in [2.75, 3.05) is 26.6 Å². The number of amides is 1. The minimum Gasteiger partial charge on any atom is -0.495 e. The van der Waals surface area contributed by atoms with Gasteiger partial charge in [-0.15, -0.1) is 0 Å². The average Bonchev–Trinajstić information content (AvgIpc) is 3.02. The number of methoxy groups -OCH3 is 3. The molecule has 0 aliphatic rings. The Morgan fingerprint density at radius 1 is 1.28 bits per heavy atom. The molecule has 152 valence electrons. The number of aromatic amines is 1. The van der Waals surface area contributed by atoms with E-state index in [1.54, 1.807) is 0 Å². The second kappa shape index (κ2) is 8.42. The zero-order valence-electron chi connectivity index (χ0n) is 15.5. The van der Waals surface area contributed by atoms with E-state index in [2.05, 4.69) is 34.8 Å². The lowest BCUT2D eigenvalue weighted by Crippen LogP contribution is -2.19. The standard InChI is InChI=1S/C16H15IN6O6/c1-27-9-5-18-8(14(25)28-2)4-7(9)6-23-11-10(12(17)22-23)19-15(20-13(11)24)21-16(26)29-3/h4-5H,6H2,1-3H3,(H2,19,20,21,24,26). The number of esters is 1. The molecule has 0 fully saturated rings. The molecule has 0 saturated heterocycles. The molecule has 0 aliphatic heterocycles. The first-order valence-corrected chi connectivity index (χ1v) is 9.08. The molecule has 0 aromatic carbocycles. The monoisotopic (exact) mass is 514 g/mol. The highest BCUT2D eigenvalue weighted by Gasteiger charge is 2.19. The van der Waals surface area contributed by atoms with Gasteiger partial charge in [-0.3, -0.25) is 19.8 Å². The molecule has 3 aromatic heterocycles. The molecular weight excluding hydrogens is 499 g/mol. The van der Waals surface area contributed by atoms with Crippen molar-refractivity contribution in [3.8, 4) is 5.75 Å². The van der Waals surface area contributed by atoms with Gasteiger partial charge in [0.1, 0.15) is 20.7 Å². The lowest BCUT2D eigenvalue weighted by atomic mass is 10.2. The van der Waals surface area contributed by atoms with Crippen LogP contribution in [0.4, 0.5) is 10.7 Å². The number of aromatic nitrogens is 5. The quantitative estimate of drug-likeness (QED) is 0.378. The van der Waals surface area contributed by atoms with E-state index in [1.807, 2.05) is 22.6 Å². The van der Waals surface area contributed by atoms with Gasteiger partial charge in [0.25, 0.3) is 5.56 Å². The summed E-state index contributed by atoms with van der Waals surface area (Å²) in [5, 5.41) is 6.65. The van der Waals surface area contributed by atoms with Gasteiger partial charge in [0.15, 0.2) is 5.52 Å². The normalized spacial score (nSPS) is 10.6. The minimum atomic E-state index is -0.772. The number of ether oxygens (including phenoxy) is 3. The summed E-state index contributed by atoms with van der Waals surface area (Å²) < 4.78 is 16.3. The van der Waals surface area contributed by atoms with Crippen molar-refractivity contribution in [3.05, 3.63) is 37.6 Å². The maximum Gasteiger partial charge on any atom is 0.413 e. The Labute approximate surface area is 176 Å². The predicted octanol–water partition coefficient (Wildman–Crippen LogP) is 1.14. The van der Waals surface area contributed by atoms with Gasteiger partial charge in [-0.1, -0.05) is 0 Å². The van der Waals surface area contributed by atoms with Crippen LogP contribution in [0.5, 0.6) is 5.75 Å². The first kappa shape index (κ1) is 20.5. The van der Waals surface area contributed by atoms with Crippen LogP contribution in [0.25, 0.3) is 11.0 Å². The highest BCUT2D eigenvalue weighted by Crippen LogP contribution is 2.22. The van der Waals surface area contributed by atoms with Crippen LogP contribution in [-0.2, 0) is 16.0 Å². The number of pyridine rings is 1. The number of halogens is 1. The maximum absolute atomic E-state index is 12.6. The highest BCUT2D eigenvalue weighted by atomic mass is 127. The first-order chi connectivity index (χ1) is 13.9. The number of hydrogen-bond donors (Lipinski definition) is 2. The summed E-state index contributed by atoms with van der Waals surface area (Å²) in [6.07, 6.45) is 0.616. The molecule has 0 aliphatic carbocycles. The molecular formula is C16H15IN6O6.